The lowest BCUT2D eigenvalue weighted by molar-refractivity contribution is -0.147. The minimum Gasteiger partial charge on any atom is -0.468 e. The van der Waals surface area contributed by atoms with Crippen LogP contribution >= 0.6 is 0 Å². The zero-order valence-corrected chi connectivity index (χ0v) is 12.3. The highest BCUT2D eigenvalue weighted by atomic mass is 32.2. The normalized spacial score (nSPS) is 14.1. The van der Waals surface area contributed by atoms with Crippen molar-refractivity contribution in [3.63, 3.8) is 0 Å². The van der Waals surface area contributed by atoms with Gasteiger partial charge in [-0.05, 0) is 31.5 Å². The van der Waals surface area contributed by atoms with E-state index in [0.717, 1.165) is 0 Å². The van der Waals surface area contributed by atoms with Gasteiger partial charge in [-0.15, -0.1) is 0 Å². The summed E-state index contributed by atoms with van der Waals surface area (Å²) in [5.74, 6) is -0.667. The van der Waals surface area contributed by atoms with Gasteiger partial charge in [-0.2, -0.15) is 9.98 Å². The zero-order chi connectivity index (χ0) is 15.4. The Morgan fingerprint density at radius 1 is 1.50 bits per heavy atom. The van der Waals surface area contributed by atoms with Crippen molar-refractivity contribution in [2.75, 3.05) is 7.11 Å². The predicted molar refractivity (Wildman–Crippen MR) is 72.2 cm³/mol. The summed E-state index contributed by atoms with van der Waals surface area (Å²) in [6.07, 6.45) is 0.233. The zero-order valence-electron chi connectivity index (χ0n) is 11.5. The van der Waals surface area contributed by atoms with Crippen LogP contribution in [0.2, 0.25) is 0 Å². The number of carbonyl (C=O) groups is 1. The predicted octanol–water partition coefficient (Wildman–Crippen LogP) is 1.18. The third kappa shape index (κ3) is 3.35. The Balaban J connectivity index is 3.17. The molecule has 0 saturated carbocycles. The van der Waals surface area contributed by atoms with Crippen molar-refractivity contribution in [2.45, 2.75) is 30.7 Å². The number of carbonyl (C=O) groups excluding carboxylic acids is 1. The van der Waals surface area contributed by atoms with Gasteiger partial charge >= 0.3 is 5.97 Å². The second kappa shape index (κ2) is 6.03. The molecular weight excluding hydrogens is 280 g/mol. The molecule has 0 aliphatic rings. The minimum absolute atomic E-state index is 0.0693. The number of nitriles is 1. The van der Waals surface area contributed by atoms with E-state index in [4.69, 9.17) is 5.26 Å². The summed E-state index contributed by atoms with van der Waals surface area (Å²) in [6, 6.07) is 7.43. The number of ether oxygens (including phenoxy) is 1. The van der Waals surface area contributed by atoms with Crippen LogP contribution in [0.25, 0.3) is 0 Å². The topological polar surface area (TPSA) is 96.3 Å². The minimum atomic E-state index is -3.92. The van der Waals surface area contributed by atoms with Crippen LogP contribution < -0.4 is 4.72 Å². The first kappa shape index (κ1) is 16.1. The molecule has 20 heavy (non-hydrogen) atoms. The molecule has 1 N–H and O–H groups in total. The van der Waals surface area contributed by atoms with Crippen molar-refractivity contribution in [2.24, 2.45) is 0 Å². The summed E-state index contributed by atoms with van der Waals surface area (Å²) < 4.78 is 31.5. The summed E-state index contributed by atoms with van der Waals surface area (Å²) in [4.78, 5) is 11.6. The third-order valence-corrected chi connectivity index (χ3v) is 4.57. The number of methoxy groups -OCH3 is 1. The average molecular weight is 296 g/mol. The Labute approximate surface area is 118 Å². The molecule has 6 nitrogen and oxygen atoms in total. The third-order valence-electron chi connectivity index (χ3n) is 2.98. The van der Waals surface area contributed by atoms with E-state index in [2.05, 4.69) is 9.46 Å². The highest BCUT2D eigenvalue weighted by Crippen LogP contribution is 2.18. The van der Waals surface area contributed by atoms with E-state index in [0.29, 0.717) is 0 Å². The number of benzene rings is 1. The van der Waals surface area contributed by atoms with E-state index in [1.54, 1.807) is 6.92 Å². The molecule has 1 atom stereocenters. The lowest BCUT2D eigenvalue weighted by atomic mass is 10.0. The molecule has 1 aromatic carbocycles. The van der Waals surface area contributed by atoms with Gasteiger partial charge in [0.1, 0.15) is 5.54 Å². The number of rotatable bonds is 5. The van der Waals surface area contributed by atoms with Gasteiger partial charge in [0.25, 0.3) is 0 Å². The molecule has 0 radical (unpaired) electrons. The smallest absolute Gasteiger partial charge is 0.326 e. The molecule has 0 unspecified atom stereocenters. The molecule has 7 heteroatoms. The SMILES string of the molecule is CC[C@](C)(NS(=O)(=O)c1cccc(C#N)c1)C(=O)OC. The quantitative estimate of drug-likeness (QED) is 0.823. The molecule has 0 aromatic heterocycles. The van der Waals surface area contributed by atoms with Crippen LogP contribution in [-0.4, -0.2) is 27.0 Å². The molecule has 0 amide bonds. The Bertz CT molecular complexity index is 649. The second-order valence-electron chi connectivity index (χ2n) is 4.42. The lowest BCUT2D eigenvalue weighted by Gasteiger charge is -2.26. The van der Waals surface area contributed by atoms with E-state index >= 15 is 0 Å². The van der Waals surface area contributed by atoms with Gasteiger partial charge in [-0.1, -0.05) is 13.0 Å². The van der Waals surface area contributed by atoms with Crippen LogP contribution in [0, 0.1) is 11.3 Å². The number of esters is 1. The lowest BCUT2D eigenvalue weighted by Crippen LogP contribution is -2.52. The van der Waals surface area contributed by atoms with Crippen LogP contribution in [0.5, 0.6) is 0 Å². The summed E-state index contributed by atoms with van der Waals surface area (Å²) >= 11 is 0. The molecule has 0 heterocycles. The van der Waals surface area contributed by atoms with Gasteiger partial charge in [0.2, 0.25) is 10.0 Å². The van der Waals surface area contributed by atoms with Gasteiger partial charge in [0.15, 0.2) is 0 Å². The Kier molecular flexibility index (Phi) is 4.87. The van der Waals surface area contributed by atoms with E-state index in [-0.39, 0.29) is 16.9 Å². The van der Waals surface area contributed by atoms with Crippen molar-refractivity contribution >= 4 is 16.0 Å². The standard InChI is InChI=1S/C13H16N2O4S/c1-4-13(2,12(16)19-3)15-20(17,18)11-7-5-6-10(8-11)9-14/h5-8,15H,4H2,1-3H3/t13-/m0/s1. The van der Waals surface area contributed by atoms with E-state index < -0.39 is 21.5 Å². The summed E-state index contributed by atoms with van der Waals surface area (Å²) in [6.45, 7) is 3.12. The molecule has 0 fully saturated rings. The fourth-order valence-electron chi connectivity index (χ4n) is 1.57. The number of nitrogens with zero attached hydrogens (tertiary/aromatic N) is 1. The maximum atomic E-state index is 12.3. The van der Waals surface area contributed by atoms with Crippen molar-refractivity contribution < 1.29 is 17.9 Å². The molecule has 0 aliphatic carbocycles. The van der Waals surface area contributed by atoms with E-state index in [1.165, 1.54) is 38.3 Å². The first-order valence-corrected chi connectivity index (χ1v) is 7.40. The van der Waals surface area contributed by atoms with Crippen molar-refractivity contribution in [1.29, 1.82) is 5.26 Å². The first-order valence-electron chi connectivity index (χ1n) is 5.91. The highest BCUT2D eigenvalue weighted by molar-refractivity contribution is 7.89. The maximum Gasteiger partial charge on any atom is 0.326 e. The monoisotopic (exact) mass is 296 g/mol. The maximum absolute atomic E-state index is 12.3. The van der Waals surface area contributed by atoms with Crippen molar-refractivity contribution in [3.05, 3.63) is 29.8 Å². The Morgan fingerprint density at radius 2 is 2.15 bits per heavy atom. The van der Waals surface area contributed by atoms with Crippen molar-refractivity contribution in [3.8, 4) is 6.07 Å². The molecule has 0 saturated heterocycles. The number of nitrogens with one attached hydrogen (secondary N) is 1. The van der Waals surface area contributed by atoms with Gasteiger partial charge in [0, 0.05) is 0 Å². The van der Waals surface area contributed by atoms with Gasteiger partial charge < -0.3 is 4.74 Å². The van der Waals surface area contributed by atoms with E-state index in [1.807, 2.05) is 6.07 Å². The summed E-state index contributed by atoms with van der Waals surface area (Å²) in [5.41, 5.74) is -1.12. The number of sulfonamides is 1. The van der Waals surface area contributed by atoms with Crippen LogP contribution in [0.1, 0.15) is 25.8 Å². The molecule has 0 spiro atoms. The van der Waals surface area contributed by atoms with Gasteiger partial charge in [-0.25, -0.2) is 8.42 Å². The van der Waals surface area contributed by atoms with Crippen LogP contribution in [0.4, 0.5) is 0 Å². The molecule has 0 bridgehead atoms. The first-order chi connectivity index (χ1) is 9.29. The molecule has 108 valence electrons. The average Bonchev–Trinajstić information content (AvgIpc) is 2.45. The number of hydrogen-bond acceptors (Lipinski definition) is 5. The Hall–Kier alpha value is -1.91. The largest absolute Gasteiger partial charge is 0.468 e. The van der Waals surface area contributed by atoms with E-state index in [9.17, 15) is 13.2 Å². The highest BCUT2D eigenvalue weighted by Gasteiger charge is 2.37. The number of hydrogen-bond donors (Lipinski definition) is 1. The fourth-order valence-corrected chi connectivity index (χ4v) is 3.05. The summed E-state index contributed by atoms with van der Waals surface area (Å²) in [5, 5.41) is 8.79. The summed E-state index contributed by atoms with van der Waals surface area (Å²) in [7, 11) is -2.72. The molecule has 1 rings (SSSR count). The van der Waals surface area contributed by atoms with Gasteiger partial charge in [-0.3, -0.25) is 4.79 Å². The Morgan fingerprint density at radius 3 is 2.65 bits per heavy atom. The molecule has 0 aliphatic heterocycles. The fraction of sp³-hybridized carbons (Fsp3) is 0.385. The second-order valence-corrected chi connectivity index (χ2v) is 6.10. The van der Waals surface area contributed by atoms with Crippen LogP contribution in [-0.2, 0) is 19.6 Å². The van der Waals surface area contributed by atoms with Crippen LogP contribution in [0.15, 0.2) is 29.2 Å². The van der Waals surface area contributed by atoms with Gasteiger partial charge in [0.05, 0.1) is 23.6 Å². The molecular formula is C13H16N2O4S. The van der Waals surface area contributed by atoms with Crippen LogP contribution in [0.3, 0.4) is 0 Å². The molecule has 1 aromatic rings. The van der Waals surface area contributed by atoms with Crippen molar-refractivity contribution in [1.82, 2.24) is 4.72 Å².